The average molecular weight is 386 g/mol. The molecule has 1 aromatic carbocycles. The van der Waals surface area contributed by atoms with Crippen LogP contribution in [0.1, 0.15) is 66.7 Å². The largest absolute Gasteiger partial charge is 0.456 e. The number of amides is 3. The third-order valence-corrected chi connectivity index (χ3v) is 5.48. The van der Waals surface area contributed by atoms with Crippen molar-refractivity contribution in [3.05, 3.63) is 35.4 Å². The van der Waals surface area contributed by atoms with Gasteiger partial charge < -0.3 is 9.64 Å². The fourth-order valence-electron chi connectivity index (χ4n) is 4.03. The topological polar surface area (TPSA) is 84.0 Å². The second kappa shape index (κ2) is 8.54. The van der Waals surface area contributed by atoms with E-state index in [1.54, 1.807) is 29.2 Å². The van der Waals surface area contributed by atoms with E-state index in [-0.39, 0.29) is 49.4 Å². The van der Waals surface area contributed by atoms with Crippen LogP contribution in [0, 0.1) is 0 Å². The highest BCUT2D eigenvalue weighted by molar-refractivity contribution is 6.21. The molecular formula is C21H26N2O5. The molecule has 2 heterocycles. The van der Waals surface area contributed by atoms with Gasteiger partial charge >= 0.3 is 5.97 Å². The quantitative estimate of drug-likeness (QED) is 0.554. The number of nitrogens with zero attached hydrogens (tertiary/aromatic N) is 2. The lowest BCUT2D eigenvalue weighted by Gasteiger charge is -2.38. The first-order chi connectivity index (χ1) is 13.4. The Balaban J connectivity index is 1.42. The lowest BCUT2D eigenvalue weighted by molar-refractivity contribution is -0.154. The van der Waals surface area contributed by atoms with Crippen molar-refractivity contribution >= 4 is 23.7 Å². The molecule has 0 saturated carbocycles. The van der Waals surface area contributed by atoms with Gasteiger partial charge in [0.15, 0.2) is 6.61 Å². The van der Waals surface area contributed by atoms with E-state index in [0.717, 1.165) is 24.2 Å². The molecule has 1 saturated heterocycles. The minimum Gasteiger partial charge on any atom is -0.456 e. The first-order valence-electron chi connectivity index (χ1n) is 9.82. The van der Waals surface area contributed by atoms with Crippen LogP contribution in [0.3, 0.4) is 0 Å². The van der Waals surface area contributed by atoms with Crippen molar-refractivity contribution in [2.75, 3.05) is 13.2 Å². The third-order valence-electron chi connectivity index (χ3n) is 5.48. The summed E-state index contributed by atoms with van der Waals surface area (Å²) in [5, 5.41) is 0. The summed E-state index contributed by atoms with van der Waals surface area (Å²) in [6, 6.07) is 6.99. The van der Waals surface area contributed by atoms with E-state index in [4.69, 9.17) is 4.74 Å². The van der Waals surface area contributed by atoms with Gasteiger partial charge in [0.25, 0.3) is 17.7 Å². The Hall–Kier alpha value is -2.70. The normalized spacial score (nSPS) is 21.6. The van der Waals surface area contributed by atoms with Crippen molar-refractivity contribution in [1.29, 1.82) is 0 Å². The minimum absolute atomic E-state index is 0.0474. The number of piperidine rings is 1. The Morgan fingerprint density at radius 1 is 1.04 bits per heavy atom. The zero-order valence-electron chi connectivity index (χ0n) is 16.3. The number of benzene rings is 1. The zero-order valence-corrected chi connectivity index (χ0v) is 16.3. The molecule has 2 aliphatic rings. The van der Waals surface area contributed by atoms with Crippen LogP contribution < -0.4 is 0 Å². The predicted molar refractivity (Wildman–Crippen MR) is 102 cm³/mol. The van der Waals surface area contributed by atoms with Gasteiger partial charge in [-0.25, -0.2) is 0 Å². The van der Waals surface area contributed by atoms with Crippen molar-refractivity contribution < 1.29 is 23.9 Å². The number of esters is 1. The zero-order chi connectivity index (χ0) is 20.3. The standard InChI is InChI=1S/C21H26N2O5/c1-14-7-5-8-15(2)23(14)18(24)13-28-19(25)11-6-12-22-20(26)16-9-3-4-10-17(16)21(22)27/h3-4,9-10,14-15H,5-8,11-13H2,1-2H3/t14-,15-/m0/s1. The number of likely N-dealkylation sites (tertiary alicyclic amines) is 1. The molecule has 7 heteroatoms. The van der Waals surface area contributed by atoms with E-state index < -0.39 is 5.97 Å². The Bertz CT molecular complexity index is 746. The summed E-state index contributed by atoms with van der Waals surface area (Å²) in [6.45, 7) is 3.91. The van der Waals surface area contributed by atoms with Gasteiger partial charge in [-0.2, -0.15) is 0 Å². The summed E-state index contributed by atoms with van der Waals surface area (Å²) in [5.74, 6) is -1.34. The van der Waals surface area contributed by atoms with Gasteiger partial charge in [0.2, 0.25) is 0 Å². The second-order valence-corrected chi connectivity index (χ2v) is 7.50. The van der Waals surface area contributed by atoms with Crippen LogP contribution in [0.5, 0.6) is 0 Å². The van der Waals surface area contributed by atoms with Crippen molar-refractivity contribution in [3.8, 4) is 0 Å². The molecule has 0 radical (unpaired) electrons. The first kappa shape index (κ1) is 20.0. The molecular weight excluding hydrogens is 360 g/mol. The van der Waals surface area contributed by atoms with E-state index in [2.05, 4.69) is 0 Å². The van der Waals surface area contributed by atoms with E-state index in [1.807, 2.05) is 13.8 Å². The lowest BCUT2D eigenvalue weighted by atomic mass is 9.97. The Morgan fingerprint density at radius 3 is 2.18 bits per heavy atom. The molecule has 1 aromatic rings. The van der Waals surface area contributed by atoms with Crippen LogP contribution in [0.15, 0.2) is 24.3 Å². The summed E-state index contributed by atoms with van der Waals surface area (Å²) in [4.78, 5) is 51.8. The fraction of sp³-hybridized carbons (Fsp3) is 0.524. The van der Waals surface area contributed by atoms with Crippen LogP contribution in [0.2, 0.25) is 0 Å². The molecule has 0 spiro atoms. The molecule has 7 nitrogen and oxygen atoms in total. The van der Waals surface area contributed by atoms with Crippen molar-refractivity contribution in [1.82, 2.24) is 9.80 Å². The summed E-state index contributed by atoms with van der Waals surface area (Å²) in [6.07, 6.45) is 3.37. The second-order valence-electron chi connectivity index (χ2n) is 7.50. The summed E-state index contributed by atoms with van der Waals surface area (Å²) >= 11 is 0. The highest BCUT2D eigenvalue weighted by Crippen LogP contribution is 2.23. The maximum absolute atomic E-state index is 12.4. The minimum atomic E-state index is -0.498. The van der Waals surface area contributed by atoms with E-state index in [1.165, 1.54) is 0 Å². The molecule has 2 atom stereocenters. The number of hydrogen-bond donors (Lipinski definition) is 0. The van der Waals surface area contributed by atoms with Crippen LogP contribution in [-0.2, 0) is 14.3 Å². The van der Waals surface area contributed by atoms with Crippen molar-refractivity contribution in [2.24, 2.45) is 0 Å². The number of ether oxygens (including phenoxy) is 1. The van der Waals surface area contributed by atoms with Crippen LogP contribution >= 0.6 is 0 Å². The molecule has 0 aromatic heterocycles. The molecule has 3 amide bonds. The van der Waals surface area contributed by atoms with E-state index in [9.17, 15) is 19.2 Å². The van der Waals surface area contributed by atoms with E-state index in [0.29, 0.717) is 17.5 Å². The van der Waals surface area contributed by atoms with Gasteiger partial charge in [-0.15, -0.1) is 0 Å². The highest BCUT2D eigenvalue weighted by Gasteiger charge is 2.34. The van der Waals surface area contributed by atoms with Crippen LogP contribution in [-0.4, -0.2) is 58.7 Å². The van der Waals surface area contributed by atoms with Gasteiger partial charge in [-0.3, -0.25) is 24.1 Å². The molecule has 3 rings (SSSR count). The predicted octanol–water partition coefficient (Wildman–Crippen LogP) is 2.40. The molecule has 2 aliphatic heterocycles. The Kier molecular flexibility index (Phi) is 6.11. The number of carbonyl (C=O) groups excluding carboxylic acids is 4. The average Bonchev–Trinajstić information content (AvgIpc) is 2.91. The molecule has 150 valence electrons. The van der Waals surface area contributed by atoms with Gasteiger partial charge in [-0.1, -0.05) is 12.1 Å². The molecule has 0 N–H and O–H groups in total. The molecule has 1 fully saturated rings. The van der Waals surface area contributed by atoms with Crippen LogP contribution in [0.25, 0.3) is 0 Å². The number of rotatable bonds is 6. The number of fused-ring (bicyclic) bond motifs is 1. The van der Waals surface area contributed by atoms with Crippen molar-refractivity contribution in [2.45, 2.75) is 58.0 Å². The SMILES string of the molecule is C[C@H]1CCC[C@H](C)N1C(=O)COC(=O)CCCN1C(=O)c2ccccc2C1=O. The molecule has 28 heavy (non-hydrogen) atoms. The van der Waals surface area contributed by atoms with E-state index >= 15 is 0 Å². The Labute approximate surface area is 164 Å². The number of imide groups is 1. The van der Waals surface area contributed by atoms with Crippen molar-refractivity contribution in [3.63, 3.8) is 0 Å². The van der Waals surface area contributed by atoms with Gasteiger partial charge in [0, 0.05) is 25.0 Å². The van der Waals surface area contributed by atoms with Gasteiger partial charge in [0.1, 0.15) is 0 Å². The fourth-order valence-corrected chi connectivity index (χ4v) is 4.03. The molecule has 0 unspecified atom stereocenters. The van der Waals surface area contributed by atoms with Gasteiger partial charge in [0.05, 0.1) is 11.1 Å². The highest BCUT2D eigenvalue weighted by atomic mass is 16.5. The molecule has 0 aliphatic carbocycles. The Morgan fingerprint density at radius 2 is 1.61 bits per heavy atom. The monoisotopic (exact) mass is 386 g/mol. The molecule has 0 bridgehead atoms. The maximum Gasteiger partial charge on any atom is 0.306 e. The number of hydrogen-bond acceptors (Lipinski definition) is 5. The maximum atomic E-state index is 12.4. The summed E-state index contributed by atoms with van der Waals surface area (Å²) in [5.41, 5.74) is 0.788. The third kappa shape index (κ3) is 4.08. The summed E-state index contributed by atoms with van der Waals surface area (Å²) < 4.78 is 5.12. The number of carbonyl (C=O) groups is 4. The van der Waals surface area contributed by atoms with Gasteiger partial charge in [-0.05, 0) is 51.7 Å². The lowest BCUT2D eigenvalue weighted by Crippen LogP contribution is -2.49. The summed E-state index contributed by atoms with van der Waals surface area (Å²) in [7, 11) is 0. The van der Waals surface area contributed by atoms with Crippen LogP contribution in [0.4, 0.5) is 0 Å². The smallest absolute Gasteiger partial charge is 0.306 e. The first-order valence-corrected chi connectivity index (χ1v) is 9.82.